The Kier molecular flexibility index (Phi) is 4.63. The van der Waals surface area contributed by atoms with Gasteiger partial charge in [-0.1, -0.05) is 18.2 Å². The van der Waals surface area contributed by atoms with E-state index in [1.165, 1.54) is 0 Å². The number of likely N-dealkylation sites (tertiary alicyclic amines) is 1. The van der Waals surface area contributed by atoms with Crippen molar-refractivity contribution in [3.8, 4) is 6.01 Å². The lowest BCUT2D eigenvalue weighted by molar-refractivity contribution is -0.136. The van der Waals surface area contributed by atoms with Gasteiger partial charge in [-0.05, 0) is 25.0 Å². The highest BCUT2D eigenvalue weighted by atomic mass is 16.5. The first-order valence-electron chi connectivity index (χ1n) is 10.0. The number of benzene rings is 1. The molecule has 8 nitrogen and oxygen atoms in total. The molecule has 1 amide bonds. The quantitative estimate of drug-likeness (QED) is 0.735. The average Bonchev–Trinajstić information content (AvgIpc) is 3.19. The maximum absolute atomic E-state index is 13.0. The van der Waals surface area contributed by atoms with E-state index < -0.39 is 0 Å². The van der Waals surface area contributed by atoms with Crippen LogP contribution in [0.4, 0.5) is 0 Å². The van der Waals surface area contributed by atoms with Crippen molar-refractivity contribution in [2.24, 2.45) is 0 Å². The molecular weight excluding hydrogens is 370 g/mol. The monoisotopic (exact) mass is 393 g/mol. The van der Waals surface area contributed by atoms with E-state index in [1.54, 1.807) is 18.5 Å². The fraction of sp³-hybridized carbons (Fsp3) is 0.429. The first-order chi connectivity index (χ1) is 14.2. The number of amides is 1. The molecule has 0 aliphatic carbocycles. The lowest BCUT2D eigenvalue weighted by atomic mass is 9.83. The van der Waals surface area contributed by atoms with Gasteiger partial charge in [-0.2, -0.15) is 5.10 Å². The lowest BCUT2D eigenvalue weighted by Crippen LogP contribution is -2.52. The zero-order chi connectivity index (χ0) is 19.7. The first-order valence-corrected chi connectivity index (χ1v) is 10.0. The number of carbonyl (C=O) groups is 1. The topological polar surface area (TPSA) is 93.2 Å². The maximum atomic E-state index is 13.0. The van der Waals surface area contributed by atoms with Gasteiger partial charge in [-0.3, -0.25) is 9.89 Å². The van der Waals surface area contributed by atoms with E-state index in [0.717, 1.165) is 36.6 Å². The molecule has 2 fully saturated rings. The third kappa shape index (κ3) is 3.55. The highest BCUT2D eigenvalue weighted by Crippen LogP contribution is 2.36. The number of H-pyrrole nitrogens is 1. The normalized spacial score (nSPS) is 21.4. The van der Waals surface area contributed by atoms with Gasteiger partial charge in [0.25, 0.3) is 5.91 Å². The summed E-state index contributed by atoms with van der Waals surface area (Å²) in [5.41, 5.74) is 1.12. The molecule has 0 bridgehead atoms. The summed E-state index contributed by atoms with van der Waals surface area (Å²) in [6.07, 6.45) is 6.58. The number of carbonyl (C=O) groups excluding carboxylic acids is 1. The standard InChI is InChI=1S/C21H23N5O3/c27-19(18-16-4-1-2-5-17(16)24-25-18)26-11-7-21(8-12-26)14-15(6-13-28-21)29-20-22-9-3-10-23-20/h1-5,9-10,15H,6-8,11-14H2,(H,24,25). The van der Waals surface area contributed by atoms with Gasteiger partial charge in [0.05, 0.1) is 17.7 Å². The van der Waals surface area contributed by atoms with Crippen molar-refractivity contribution in [2.75, 3.05) is 19.7 Å². The Hall–Kier alpha value is -3.00. The number of piperidine rings is 1. The van der Waals surface area contributed by atoms with Gasteiger partial charge < -0.3 is 14.4 Å². The maximum Gasteiger partial charge on any atom is 0.316 e. The van der Waals surface area contributed by atoms with Gasteiger partial charge in [0.1, 0.15) is 6.10 Å². The van der Waals surface area contributed by atoms with E-state index in [2.05, 4.69) is 20.2 Å². The van der Waals surface area contributed by atoms with Crippen LogP contribution in [-0.4, -0.2) is 62.4 Å². The summed E-state index contributed by atoms with van der Waals surface area (Å²) in [6.45, 7) is 1.94. The Labute approximate surface area is 168 Å². The van der Waals surface area contributed by atoms with Crippen LogP contribution in [0, 0.1) is 0 Å². The van der Waals surface area contributed by atoms with Crippen molar-refractivity contribution >= 4 is 16.8 Å². The fourth-order valence-corrected chi connectivity index (χ4v) is 4.32. The molecule has 1 spiro atoms. The van der Waals surface area contributed by atoms with Crippen LogP contribution in [0.3, 0.4) is 0 Å². The fourth-order valence-electron chi connectivity index (χ4n) is 4.32. The number of aromatic nitrogens is 4. The van der Waals surface area contributed by atoms with Crippen LogP contribution >= 0.6 is 0 Å². The number of nitrogens with zero attached hydrogens (tertiary/aromatic N) is 4. The highest BCUT2D eigenvalue weighted by Gasteiger charge is 2.42. The molecule has 2 saturated heterocycles. The van der Waals surface area contributed by atoms with Crippen LogP contribution in [0.25, 0.3) is 10.9 Å². The second-order valence-corrected chi connectivity index (χ2v) is 7.71. The minimum Gasteiger partial charge on any atom is -0.460 e. The molecule has 5 rings (SSSR count). The first kappa shape index (κ1) is 18.1. The largest absolute Gasteiger partial charge is 0.460 e. The Balaban J connectivity index is 1.24. The number of para-hydroxylation sites is 1. The predicted octanol–water partition coefficient (Wildman–Crippen LogP) is 2.59. The Morgan fingerprint density at radius 2 is 1.97 bits per heavy atom. The number of fused-ring (bicyclic) bond motifs is 1. The molecule has 4 heterocycles. The summed E-state index contributed by atoms with van der Waals surface area (Å²) in [7, 11) is 0. The van der Waals surface area contributed by atoms with Crippen LogP contribution in [0.15, 0.2) is 42.7 Å². The van der Waals surface area contributed by atoms with Gasteiger partial charge in [-0.25, -0.2) is 9.97 Å². The van der Waals surface area contributed by atoms with E-state index in [0.29, 0.717) is 31.4 Å². The molecule has 0 radical (unpaired) electrons. The molecule has 3 aromatic rings. The summed E-state index contributed by atoms with van der Waals surface area (Å²) < 4.78 is 12.2. The molecule has 2 aromatic heterocycles. The molecule has 1 unspecified atom stereocenters. The van der Waals surface area contributed by atoms with Crippen LogP contribution in [-0.2, 0) is 4.74 Å². The predicted molar refractivity (Wildman–Crippen MR) is 106 cm³/mol. The number of aromatic amines is 1. The zero-order valence-corrected chi connectivity index (χ0v) is 16.1. The number of nitrogens with one attached hydrogen (secondary N) is 1. The summed E-state index contributed by atoms with van der Waals surface area (Å²) in [6, 6.07) is 9.89. The highest BCUT2D eigenvalue weighted by molar-refractivity contribution is 6.04. The summed E-state index contributed by atoms with van der Waals surface area (Å²) in [5, 5.41) is 8.06. The molecule has 1 atom stereocenters. The van der Waals surface area contributed by atoms with E-state index in [9.17, 15) is 4.79 Å². The SMILES string of the molecule is O=C(c1n[nH]c2ccccc12)N1CCC2(CC1)CC(Oc1ncccn1)CCO2. The van der Waals surface area contributed by atoms with E-state index in [4.69, 9.17) is 9.47 Å². The number of hydrogen-bond donors (Lipinski definition) is 1. The van der Waals surface area contributed by atoms with Crippen molar-refractivity contribution in [1.82, 2.24) is 25.1 Å². The zero-order valence-electron chi connectivity index (χ0n) is 16.1. The Bertz CT molecular complexity index is 998. The van der Waals surface area contributed by atoms with Crippen molar-refractivity contribution in [3.63, 3.8) is 0 Å². The molecule has 2 aliphatic rings. The second-order valence-electron chi connectivity index (χ2n) is 7.71. The summed E-state index contributed by atoms with van der Waals surface area (Å²) >= 11 is 0. The van der Waals surface area contributed by atoms with Gasteiger partial charge in [0.15, 0.2) is 5.69 Å². The molecule has 0 saturated carbocycles. The van der Waals surface area contributed by atoms with Crippen molar-refractivity contribution in [3.05, 3.63) is 48.4 Å². The summed E-state index contributed by atoms with van der Waals surface area (Å²) in [4.78, 5) is 23.2. The third-order valence-corrected chi connectivity index (χ3v) is 5.90. The van der Waals surface area contributed by atoms with Crippen LogP contribution in [0.1, 0.15) is 36.2 Å². The second kappa shape index (κ2) is 7.44. The molecule has 2 aliphatic heterocycles. The third-order valence-electron chi connectivity index (χ3n) is 5.90. The van der Waals surface area contributed by atoms with Crippen LogP contribution in [0.5, 0.6) is 6.01 Å². The minimum atomic E-state index is -0.248. The molecule has 1 N–H and O–H groups in total. The average molecular weight is 393 g/mol. The van der Waals surface area contributed by atoms with Crippen molar-refractivity contribution < 1.29 is 14.3 Å². The molecule has 150 valence electrons. The minimum absolute atomic E-state index is 0.0291. The van der Waals surface area contributed by atoms with Crippen molar-refractivity contribution in [1.29, 1.82) is 0 Å². The summed E-state index contributed by atoms with van der Waals surface area (Å²) in [5.74, 6) is -0.0291. The smallest absolute Gasteiger partial charge is 0.316 e. The van der Waals surface area contributed by atoms with Crippen LogP contribution in [0.2, 0.25) is 0 Å². The van der Waals surface area contributed by atoms with Gasteiger partial charge >= 0.3 is 6.01 Å². The molecule has 1 aromatic carbocycles. The molecular formula is C21H23N5O3. The lowest BCUT2D eigenvalue weighted by Gasteiger charge is -2.45. The van der Waals surface area contributed by atoms with E-state index in [1.807, 2.05) is 29.2 Å². The van der Waals surface area contributed by atoms with Crippen LogP contribution < -0.4 is 4.74 Å². The Morgan fingerprint density at radius 3 is 2.79 bits per heavy atom. The van der Waals surface area contributed by atoms with Gasteiger partial charge in [-0.15, -0.1) is 0 Å². The van der Waals surface area contributed by atoms with Crippen molar-refractivity contribution in [2.45, 2.75) is 37.4 Å². The van der Waals surface area contributed by atoms with E-state index in [-0.39, 0.29) is 17.6 Å². The number of rotatable bonds is 3. The number of ether oxygens (including phenoxy) is 2. The van der Waals surface area contributed by atoms with Gasteiger partial charge in [0, 0.05) is 43.7 Å². The van der Waals surface area contributed by atoms with E-state index >= 15 is 0 Å². The Morgan fingerprint density at radius 1 is 1.17 bits per heavy atom. The number of hydrogen-bond acceptors (Lipinski definition) is 6. The molecule has 29 heavy (non-hydrogen) atoms. The van der Waals surface area contributed by atoms with Gasteiger partial charge in [0.2, 0.25) is 0 Å². The molecule has 8 heteroatoms.